The van der Waals surface area contributed by atoms with E-state index in [1.54, 1.807) is 0 Å². The molecule has 1 saturated carbocycles. The largest absolute Gasteiger partial charge is 0.472 e. The van der Waals surface area contributed by atoms with Crippen molar-refractivity contribution in [2.45, 2.75) is 275 Å². The molecule has 0 aliphatic heterocycles. The van der Waals surface area contributed by atoms with E-state index in [-0.39, 0.29) is 12.8 Å². The first-order chi connectivity index (χ1) is 34.4. The minimum atomic E-state index is -5.13. The lowest BCUT2D eigenvalue weighted by Crippen LogP contribution is -2.64. The van der Waals surface area contributed by atoms with Crippen molar-refractivity contribution in [2.24, 2.45) is 0 Å². The normalized spacial score (nSPS) is 21.1. The number of ether oxygens (including phenoxy) is 2. The first-order valence-corrected chi connectivity index (χ1v) is 29.6. The first-order valence-electron chi connectivity index (χ1n) is 28.1. The minimum absolute atomic E-state index is 0.0802. The third kappa shape index (κ3) is 37.9. The van der Waals surface area contributed by atoms with E-state index < -0.39 is 75.7 Å². The van der Waals surface area contributed by atoms with Gasteiger partial charge in [0.05, 0.1) is 6.61 Å². The molecule has 6 N–H and O–H groups in total. The van der Waals surface area contributed by atoms with Crippen LogP contribution in [0.1, 0.15) is 232 Å². The van der Waals surface area contributed by atoms with Gasteiger partial charge in [0.15, 0.2) is 6.10 Å². The van der Waals surface area contributed by atoms with E-state index in [9.17, 15) is 44.6 Å². The van der Waals surface area contributed by atoms with Gasteiger partial charge in [-0.2, -0.15) is 0 Å². The molecule has 6 atom stereocenters. The minimum Gasteiger partial charge on any atom is -0.462 e. The van der Waals surface area contributed by atoms with E-state index in [2.05, 4.69) is 74.6 Å². The second-order valence-corrected chi connectivity index (χ2v) is 20.8. The molecule has 14 heteroatoms. The fraction of sp³-hybridized carbons (Fsp3) is 0.789. The molecule has 0 heterocycles. The highest BCUT2D eigenvalue weighted by Crippen LogP contribution is 2.47. The number of carbonyl (C=O) groups is 2. The summed E-state index contributed by atoms with van der Waals surface area (Å²) in [6.07, 6.45) is 45.4. The quantitative estimate of drug-likeness (QED) is 0.0145. The summed E-state index contributed by atoms with van der Waals surface area (Å²) < 4.78 is 33.7. The van der Waals surface area contributed by atoms with Gasteiger partial charge < -0.3 is 39.9 Å². The number of unbranched alkanes of at least 4 members (excludes halogenated alkanes) is 25. The number of aliphatic hydroxyl groups is 5. The van der Waals surface area contributed by atoms with Crippen LogP contribution in [0.2, 0.25) is 0 Å². The van der Waals surface area contributed by atoms with Crippen molar-refractivity contribution in [3.63, 3.8) is 0 Å². The van der Waals surface area contributed by atoms with Crippen molar-refractivity contribution < 1.29 is 63.1 Å². The van der Waals surface area contributed by atoms with Gasteiger partial charge >= 0.3 is 19.8 Å². The maximum atomic E-state index is 12.9. The number of hydrogen-bond acceptors (Lipinski definition) is 12. The maximum absolute atomic E-state index is 12.9. The molecule has 0 aromatic rings. The Morgan fingerprint density at radius 3 is 1.18 bits per heavy atom. The Hall–Kier alpha value is -2.45. The average molecular weight is 1030 g/mol. The molecule has 0 aromatic heterocycles. The Morgan fingerprint density at radius 1 is 0.437 bits per heavy atom. The van der Waals surface area contributed by atoms with E-state index in [0.717, 1.165) is 89.9 Å². The zero-order chi connectivity index (χ0) is 52.1. The van der Waals surface area contributed by atoms with Gasteiger partial charge in [-0.25, -0.2) is 4.57 Å². The first kappa shape index (κ1) is 66.6. The van der Waals surface area contributed by atoms with Crippen LogP contribution in [0, 0.1) is 0 Å². The highest BCUT2D eigenvalue weighted by Gasteiger charge is 2.51. The molecule has 0 amide bonds. The summed E-state index contributed by atoms with van der Waals surface area (Å²) in [5.74, 6) is -1.11. The Bertz CT molecular complexity index is 1470. The van der Waals surface area contributed by atoms with Crippen molar-refractivity contribution in [1.82, 2.24) is 0 Å². The molecular weight excluding hydrogens is 924 g/mol. The molecule has 1 aliphatic rings. The maximum Gasteiger partial charge on any atom is 0.472 e. The summed E-state index contributed by atoms with van der Waals surface area (Å²) in [5.41, 5.74) is 0. The van der Waals surface area contributed by atoms with Crippen LogP contribution in [-0.2, 0) is 32.7 Å². The molecule has 1 aliphatic carbocycles. The van der Waals surface area contributed by atoms with Crippen molar-refractivity contribution in [3.05, 3.63) is 60.8 Å². The molecule has 0 saturated heterocycles. The summed E-state index contributed by atoms with van der Waals surface area (Å²) in [6, 6.07) is 0. The smallest absolute Gasteiger partial charge is 0.462 e. The molecule has 1 rings (SSSR count). The second kappa shape index (κ2) is 46.1. The van der Waals surface area contributed by atoms with E-state index in [1.807, 2.05) is 0 Å². The summed E-state index contributed by atoms with van der Waals surface area (Å²) >= 11 is 0. The van der Waals surface area contributed by atoms with Crippen molar-refractivity contribution in [2.75, 3.05) is 13.2 Å². The number of allylic oxidation sites excluding steroid dienone is 10. The number of esters is 2. The van der Waals surface area contributed by atoms with Crippen LogP contribution in [0.4, 0.5) is 0 Å². The molecule has 13 nitrogen and oxygen atoms in total. The molecule has 0 bridgehead atoms. The zero-order valence-electron chi connectivity index (χ0n) is 44.3. The topological polar surface area (TPSA) is 210 Å². The lowest BCUT2D eigenvalue weighted by molar-refractivity contribution is -0.220. The van der Waals surface area contributed by atoms with Crippen LogP contribution in [0.15, 0.2) is 60.8 Å². The molecule has 0 aromatic carbocycles. The standard InChI is InChI=1S/C57H101O13P/c1-3-5-7-9-11-13-15-17-19-21-23-24-25-26-28-29-31-33-35-37-39-41-43-45-50(58)67-47-49(48-68-71(65,66)70-57-55(63)53(61)52(60)54(62)56(57)64)69-51(59)46-44-42-40-38-36-34-32-30-27-22-20-18-16-14-12-10-8-6-4-2/h12,14-15,17-18,20-21,23,27,30,49,52-57,60-64H,3-11,13,16,19,22,24-26,28-29,31-48H2,1-2H3,(H,65,66)/b14-12-,17-15-,20-18-,23-21-,30-27-. The molecule has 412 valence electrons. The van der Waals surface area contributed by atoms with Crippen LogP contribution in [0.3, 0.4) is 0 Å². The highest BCUT2D eigenvalue weighted by molar-refractivity contribution is 7.47. The van der Waals surface area contributed by atoms with Crippen LogP contribution in [0.5, 0.6) is 0 Å². The van der Waals surface area contributed by atoms with Gasteiger partial charge in [0, 0.05) is 12.8 Å². The number of hydrogen-bond donors (Lipinski definition) is 6. The van der Waals surface area contributed by atoms with Gasteiger partial charge in [0.1, 0.15) is 43.2 Å². The number of phosphoric ester groups is 1. The highest BCUT2D eigenvalue weighted by atomic mass is 31.2. The third-order valence-electron chi connectivity index (χ3n) is 12.8. The van der Waals surface area contributed by atoms with E-state index in [1.165, 1.54) is 103 Å². The molecule has 0 radical (unpaired) electrons. The van der Waals surface area contributed by atoms with Crippen LogP contribution < -0.4 is 0 Å². The number of phosphoric acid groups is 1. The predicted molar refractivity (Wildman–Crippen MR) is 286 cm³/mol. The number of carbonyl (C=O) groups excluding carboxylic acids is 2. The predicted octanol–water partition coefficient (Wildman–Crippen LogP) is 12.8. The lowest BCUT2D eigenvalue weighted by atomic mass is 9.85. The zero-order valence-corrected chi connectivity index (χ0v) is 45.2. The van der Waals surface area contributed by atoms with Crippen molar-refractivity contribution in [1.29, 1.82) is 0 Å². The molecule has 1 fully saturated rings. The van der Waals surface area contributed by atoms with Gasteiger partial charge in [-0.05, 0) is 83.5 Å². The van der Waals surface area contributed by atoms with Crippen LogP contribution >= 0.6 is 7.82 Å². The molecule has 0 spiro atoms. The Kier molecular flexibility index (Phi) is 43.2. The van der Waals surface area contributed by atoms with Crippen LogP contribution in [0.25, 0.3) is 0 Å². The van der Waals surface area contributed by atoms with E-state index in [0.29, 0.717) is 12.8 Å². The summed E-state index contributed by atoms with van der Waals surface area (Å²) in [6.45, 7) is 3.28. The molecule has 71 heavy (non-hydrogen) atoms. The SMILES string of the molecule is CCCCC/C=C\C/C=C\C/C=C\CCCCCCCCC(=O)OC(COC(=O)CCCCCCCCCCCCC/C=C\C/C=C\CCCCCCC)COP(=O)(O)OC1C(O)C(O)C(O)C(O)C1O. The van der Waals surface area contributed by atoms with Gasteiger partial charge in [-0.3, -0.25) is 18.6 Å². The molecule has 6 unspecified atom stereocenters. The van der Waals surface area contributed by atoms with Gasteiger partial charge in [0.2, 0.25) is 0 Å². The third-order valence-corrected chi connectivity index (χ3v) is 13.8. The summed E-state index contributed by atoms with van der Waals surface area (Å²) in [4.78, 5) is 35.9. The summed E-state index contributed by atoms with van der Waals surface area (Å²) in [5, 5.41) is 50.4. The Labute approximate surface area is 430 Å². The van der Waals surface area contributed by atoms with Gasteiger partial charge in [-0.15, -0.1) is 0 Å². The number of rotatable bonds is 47. The van der Waals surface area contributed by atoms with E-state index in [4.69, 9.17) is 18.5 Å². The fourth-order valence-electron chi connectivity index (χ4n) is 8.33. The average Bonchev–Trinajstić information content (AvgIpc) is 3.35. The van der Waals surface area contributed by atoms with Gasteiger partial charge in [0.25, 0.3) is 0 Å². The van der Waals surface area contributed by atoms with Crippen molar-refractivity contribution >= 4 is 19.8 Å². The monoisotopic (exact) mass is 1020 g/mol. The van der Waals surface area contributed by atoms with Crippen molar-refractivity contribution in [3.8, 4) is 0 Å². The second-order valence-electron chi connectivity index (χ2n) is 19.4. The van der Waals surface area contributed by atoms with E-state index >= 15 is 0 Å². The molecular formula is C57H101O13P. The summed E-state index contributed by atoms with van der Waals surface area (Å²) in [7, 11) is -5.13. The van der Waals surface area contributed by atoms with Gasteiger partial charge in [-0.1, -0.05) is 197 Å². The Balaban J connectivity index is 2.36. The fourth-order valence-corrected chi connectivity index (χ4v) is 9.30. The van der Waals surface area contributed by atoms with Crippen LogP contribution in [-0.4, -0.2) is 98.3 Å². The lowest BCUT2D eigenvalue weighted by Gasteiger charge is -2.41. The number of aliphatic hydroxyl groups excluding tert-OH is 5. The Morgan fingerprint density at radius 2 is 0.761 bits per heavy atom.